The molecule has 1 N–H and O–H groups in total. The van der Waals surface area contributed by atoms with Crippen molar-refractivity contribution in [2.45, 2.75) is 6.04 Å². The smallest absolute Gasteiger partial charge is 0.148 e. The topological polar surface area (TPSA) is 15.3 Å². The van der Waals surface area contributed by atoms with Gasteiger partial charge in [-0.25, -0.2) is 4.39 Å². The van der Waals surface area contributed by atoms with E-state index >= 15 is 0 Å². The van der Waals surface area contributed by atoms with E-state index < -0.39 is 5.82 Å². The predicted octanol–water partition coefficient (Wildman–Crippen LogP) is 5.26. The van der Waals surface area contributed by atoms with Crippen LogP contribution in [0.4, 0.5) is 4.39 Å². The van der Waals surface area contributed by atoms with Gasteiger partial charge in [-0.05, 0) is 24.3 Å². The molecule has 0 amide bonds. The first-order chi connectivity index (χ1) is 10.6. The lowest BCUT2D eigenvalue weighted by molar-refractivity contribution is 0.197. The minimum Gasteiger partial charge on any atom is -0.314 e. The van der Waals surface area contributed by atoms with Crippen LogP contribution in [0.1, 0.15) is 16.5 Å². The second-order valence-electron chi connectivity index (χ2n) is 5.09. The lowest BCUT2D eigenvalue weighted by Crippen LogP contribution is -2.45. The van der Waals surface area contributed by atoms with Crippen molar-refractivity contribution in [2.24, 2.45) is 0 Å². The van der Waals surface area contributed by atoms with Crippen LogP contribution in [0.2, 0.25) is 14.4 Å². The van der Waals surface area contributed by atoms with Gasteiger partial charge in [0.05, 0.1) is 15.4 Å². The fourth-order valence-electron chi connectivity index (χ4n) is 2.71. The van der Waals surface area contributed by atoms with Crippen molar-refractivity contribution in [3.63, 3.8) is 0 Å². The van der Waals surface area contributed by atoms with Gasteiger partial charge in [-0.1, -0.05) is 34.8 Å². The lowest BCUT2D eigenvalue weighted by atomic mass is 10.0. The first-order valence-corrected chi connectivity index (χ1v) is 8.86. The van der Waals surface area contributed by atoms with Gasteiger partial charge in [-0.15, -0.1) is 23.7 Å². The number of hydrogen-bond donors (Lipinski definition) is 1. The number of benzene rings is 1. The summed E-state index contributed by atoms with van der Waals surface area (Å²) in [5.74, 6) is -0.456. The average Bonchev–Trinajstić information content (AvgIpc) is 2.94. The van der Waals surface area contributed by atoms with Gasteiger partial charge in [0.1, 0.15) is 5.82 Å². The zero-order valence-electron chi connectivity index (χ0n) is 12.0. The summed E-state index contributed by atoms with van der Waals surface area (Å²) in [5, 5.41) is 3.77. The summed E-state index contributed by atoms with van der Waals surface area (Å²) >= 11 is 19.8. The highest BCUT2D eigenvalue weighted by molar-refractivity contribution is 7.16. The Bertz CT molecular complexity index is 673. The fourth-order valence-corrected chi connectivity index (χ4v) is 4.33. The quantitative estimate of drug-likeness (QED) is 0.687. The molecule has 1 saturated heterocycles. The summed E-state index contributed by atoms with van der Waals surface area (Å²) in [4.78, 5) is 3.18. The molecule has 126 valence electrons. The molecule has 3 rings (SSSR count). The number of hydrogen-bond acceptors (Lipinski definition) is 3. The van der Waals surface area contributed by atoms with E-state index in [4.69, 9.17) is 34.8 Å². The van der Waals surface area contributed by atoms with E-state index in [1.807, 2.05) is 12.1 Å². The first-order valence-electron chi connectivity index (χ1n) is 6.91. The van der Waals surface area contributed by atoms with Crippen LogP contribution in [-0.4, -0.2) is 31.1 Å². The van der Waals surface area contributed by atoms with Gasteiger partial charge in [-0.2, -0.15) is 0 Å². The summed E-state index contributed by atoms with van der Waals surface area (Å²) in [7, 11) is 0. The highest BCUT2D eigenvalue weighted by Gasteiger charge is 2.30. The number of thiophene rings is 1. The van der Waals surface area contributed by atoms with Crippen LogP contribution in [0, 0.1) is 5.82 Å². The van der Waals surface area contributed by atoms with Crippen molar-refractivity contribution < 1.29 is 4.39 Å². The predicted molar refractivity (Wildman–Crippen MR) is 99.3 cm³/mol. The number of rotatable bonds is 3. The maximum Gasteiger partial charge on any atom is 0.148 e. The van der Waals surface area contributed by atoms with Gasteiger partial charge >= 0.3 is 0 Å². The molecule has 1 aromatic carbocycles. The molecule has 0 spiro atoms. The Hall–Kier alpha value is -0.0700. The molecule has 1 aromatic heterocycles. The maximum atomic E-state index is 14.7. The molecule has 1 atom stereocenters. The molecule has 23 heavy (non-hydrogen) atoms. The normalized spacial score (nSPS) is 16.9. The molecule has 0 saturated carbocycles. The Balaban J connectivity index is 0.00000192. The molecule has 1 fully saturated rings. The Morgan fingerprint density at radius 2 is 1.70 bits per heavy atom. The van der Waals surface area contributed by atoms with E-state index in [1.54, 1.807) is 6.07 Å². The van der Waals surface area contributed by atoms with Crippen molar-refractivity contribution >= 4 is 58.5 Å². The third-order valence-electron chi connectivity index (χ3n) is 3.73. The zero-order chi connectivity index (χ0) is 15.7. The van der Waals surface area contributed by atoms with E-state index in [-0.39, 0.29) is 23.5 Å². The van der Waals surface area contributed by atoms with Gasteiger partial charge in [0, 0.05) is 41.6 Å². The van der Waals surface area contributed by atoms with Crippen LogP contribution in [0.5, 0.6) is 0 Å². The SMILES string of the molecule is Cl.Fc1c(Cl)ccc(Cl)c1[C@H](c1ccc(Cl)s1)N1CCNCC1. The largest absolute Gasteiger partial charge is 0.314 e. The third kappa shape index (κ3) is 4.13. The summed E-state index contributed by atoms with van der Waals surface area (Å²) in [6, 6.07) is 6.61. The summed E-state index contributed by atoms with van der Waals surface area (Å²) < 4.78 is 15.3. The highest BCUT2D eigenvalue weighted by atomic mass is 35.5. The summed E-state index contributed by atoms with van der Waals surface area (Å²) in [5.41, 5.74) is 0.426. The second-order valence-corrected chi connectivity index (χ2v) is 7.65. The van der Waals surface area contributed by atoms with Crippen LogP contribution in [-0.2, 0) is 0 Å². The zero-order valence-corrected chi connectivity index (χ0v) is 15.9. The van der Waals surface area contributed by atoms with Crippen LogP contribution in [0.15, 0.2) is 24.3 Å². The number of nitrogens with one attached hydrogen (secondary N) is 1. The molecular weight excluding hydrogens is 401 g/mol. The number of halogens is 5. The average molecular weight is 416 g/mol. The minimum atomic E-state index is -0.456. The van der Waals surface area contributed by atoms with Crippen molar-refractivity contribution in [1.29, 1.82) is 0 Å². The monoisotopic (exact) mass is 414 g/mol. The van der Waals surface area contributed by atoms with E-state index in [0.29, 0.717) is 14.9 Å². The number of piperazine rings is 1. The molecule has 0 radical (unpaired) electrons. The Labute approximate surface area is 159 Å². The summed E-state index contributed by atoms with van der Waals surface area (Å²) in [6.07, 6.45) is 0. The minimum absolute atomic E-state index is 0. The van der Waals surface area contributed by atoms with Gasteiger partial charge in [0.2, 0.25) is 0 Å². The van der Waals surface area contributed by atoms with Crippen LogP contribution >= 0.6 is 58.5 Å². The Morgan fingerprint density at radius 1 is 1.04 bits per heavy atom. The molecule has 2 heterocycles. The molecular formula is C15H15Cl4FN2S. The number of nitrogens with zero attached hydrogens (tertiary/aromatic N) is 1. The van der Waals surface area contributed by atoms with E-state index in [2.05, 4.69) is 10.2 Å². The van der Waals surface area contributed by atoms with Crippen LogP contribution < -0.4 is 5.32 Å². The van der Waals surface area contributed by atoms with Crippen molar-refractivity contribution in [2.75, 3.05) is 26.2 Å². The molecule has 1 aliphatic rings. The van der Waals surface area contributed by atoms with Crippen molar-refractivity contribution in [1.82, 2.24) is 10.2 Å². The summed E-state index contributed by atoms with van der Waals surface area (Å²) in [6.45, 7) is 3.33. The lowest BCUT2D eigenvalue weighted by Gasteiger charge is -2.35. The standard InChI is InChI=1S/C15H14Cl3FN2S.ClH/c16-9-1-2-10(17)14(19)13(9)15(11-3-4-12(18)22-11)21-7-5-20-6-8-21;/h1-4,15,20H,5-8H2;1H/t15-;/m0./s1. The van der Waals surface area contributed by atoms with Gasteiger partial charge in [0.15, 0.2) is 0 Å². The molecule has 8 heteroatoms. The van der Waals surface area contributed by atoms with Crippen molar-refractivity contribution in [3.05, 3.63) is 54.9 Å². The Kier molecular flexibility index (Phi) is 6.99. The highest BCUT2D eigenvalue weighted by Crippen LogP contribution is 2.41. The van der Waals surface area contributed by atoms with Gasteiger partial charge in [0.25, 0.3) is 0 Å². The van der Waals surface area contributed by atoms with E-state index in [9.17, 15) is 4.39 Å². The van der Waals surface area contributed by atoms with Crippen LogP contribution in [0.25, 0.3) is 0 Å². The molecule has 1 aliphatic heterocycles. The van der Waals surface area contributed by atoms with Gasteiger partial charge < -0.3 is 5.32 Å². The van der Waals surface area contributed by atoms with Crippen molar-refractivity contribution in [3.8, 4) is 0 Å². The van der Waals surface area contributed by atoms with E-state index in [0.717, 1.165) is 31.1 Å². The molecule has 0 unspecified atom stereocenters. The molecule has 2 aromatic rings. The molecule has 0 aliphatic carbocycles. The maximum absolute atomic E-state index is 14.7. The van der Waals surface area contributed by atoms with Crippen LogP contribution in [0.3, 0.4) is 0 Å². The Morgan fingerprint density at radius 3 is 2.30 bits per heavy atom. The third-order valence-corrected chi connectivity index (χ3v) is 5.64. The van der Waals surface area contributed by atoms with Gasteiger partial charge in [-0.3, -0.25) is 4.90 Å². The van der Waals surface area contributed by atoms with E-state index in [1.165, 1.54) is 17.4 Å². The first kappa shape index (κ1) is 19.3. The molecule has 2 nitrogen and oxygen atoms in total. The second kappa shape index (κ2) is 8.34. The fraction of sp³-hybridized carbons (Fsp3) is 0.333. The molecule has 0 bridgehead atoms.